The first-order chi connectivity index (χ1) is 8.33. The first-order valence-electron chi connectivity index (χ1n) is 6.26. The molecule has 5 nitrogen and oxygen atoms in total. The zero-order chi connectivity index (χ0) is 11.7. The first kappa shape index (κ1) is 10.9. The van der Waals surface area contributed by atoms with Crippen molar-refractivity contribution in [2.75, 3.05) is 13.2 Å². The Labute approximate surface area is 99.5 Å². The molecular weight excluding hydrogens is 220 g/mol. The highest BCUT2D eigenvalue weighted by Gasteiger charge is 2.31. The minimum atomic E-state index is 0.234. The minimum Gasteiger partial charge on any atom is -0.381 e. The smallest absolute Gasteiger partial charge is 0.234 e. The Morgan fingerprint density at radius 1 is 1.35 bits per heavy atom. The van der Waals surface area contributed by atoms with Crippen LogP contribution in [0, 0.1) is 5.92 Å². The van der Waals surface area contributed by atoms with E-state index in [-0.39, 0.29) is 17.6 Å². The van der Waals surface area contributed by atoms with Gasteiger partial charge in [-0.1, -0.05) is 5.16 Å². The molecule has 2 fully saturated rings. The average Bonchev–Trinajstić information content (AvgIpc) is 3.12. The Kier molecular flexibility index (Phi) is 2.93. The third-order valence-electron chi connectivity index (χ3n) is 3.37. The van der Waals surface area contributed by atoms with Crippen molar-refractivity contribution >= 4 is 5.78 Å². The number of aromatic nitrogens is 2. The van der Waals surface area contributed by atoms with E-state index < -0.39 is 0 Å². The van der Waals surface area contributed by atoms with Crippen LogP contribution in [0.15, 0.2) is 4.52 Å². The van der Waals surface area contributed by atoms with Crippen molar-refractivity contribution in [2.24, 2.45) is 5.92 Å². The van der Waals surface area contributed by atoms with Gasteiger partial charge in [-0.2, -0.15) is 4.98 Å². The molecule has 5 heteroatoms. The van der Waals surface area contributed by atoms with Gasteiger partial charge in [-0.3, -0.25) is 4.79 Å². The van der Waals surface area contributed by atoms with E-state index in [0.29, 0.717) is 24.7 Å². The summed E-state index contributed by atoms with van der Waals surface area (Å²) >= 11 is 0. The van der Waals surface area contributed by atoms with Gasteiger partial charge >= 0.3 is 0 Å². The van der Waals surface area contributed by atoms with Crippen molar-refractivity contribution in [2.45, 2.75) is 38.0 Å². The largest absolute Gasteiger partial charge is 0.381 e. The maximum absolute atomic E-state index is 11.6. The van der Waals surface area contributed by atoms with E-state index in [2.05, 4.69) is 10.1 Å². The van der Waals surface area contributed by atoms with Crippen molar-refractivity contribution in [3.63, 3.8) is 0 Å². The number of nitrogens with zero attached hydrogens (tertiary/aromatic N) is 2. The molecule has 1 aromatic heterocycles. The number of hydrogen-bond donors (Lipinski definition) is 0. The summed E-state index contributed by atoms with van der Waals surface area (Å²) in [6.45, 7) is 1.48. The lowest BCUT2D eigenvalue weighted by Gasteiger charge is -2.18. The molecule has 92 valence electrons. The van der Waals surface area contributed by atoms with Crippen molar-refractivity contribution in [1.29, 1.82) is 0 Å². The lowest BCUT2D eigenvalue weighted by molar-refractivity contribution is -0.119. The van der Waals surface area contributed by atoms with Gasteiger partial charge in [0.1, 0.15) is 5.78 Å². The molecule has 0 radical (unpaired) electrons. The summed E-state index contributed by atoms with van der Waals surface area (Å²) in [5, 5.41) is 3.95. The van der Waals surface area contributed by atoms with E-state index >= 15 is 0 Å². The normalized spacial score (nSPS) is 24.8. The van der Waals surface area contributed by atoms with Crippen LogP contribution in [-0.2, 0) is 16.0 Å². The Balaban J connectivity index is 1.62. The third-order valence-corrected chi connectivity index (χ3v) is 3.37. The maximum Gasteiger partial charge on any atom is 0.234 e. The number of ketones is 1. The van der Waals surface area contributed by atoms with Gasteiger partial charge in [0.15, 0.2) is 5.82 Å². The van der Waals surface area contributed by atoms with Crippen LogP contribution in [0.3, 0.4) is 0 Å². The number of carbonyl (C=O) groups excluding carboxylic acids is 1. The highest BCUT2D eigenvalue weighted by Crippen LogP contribution is 2.31. The van der Waals surface area contributed by atoms with Crippen molar-refractivity contribution < 1.29 is 14.1 Å². The van der Waals surface area contributed by atoms with E-state index in [1.165, 1.54) is 0 Å². The fraction of sp³-hybridized carbons (Fsp3) is 0.750. The molecule has 0 N–H and O–H groups in total. The highest BCUT2D eigenvalue weighted by atomic mass is 16.5. The second kappa shape index (κ2) is 4.56. The Morgan fingerprint density at radius 2 is 2.24 bits per heavy atom. The molecule has 1 saturated carbocycles. The summed E-state index contributed by atoms with van der Waals surface area (Å²) < 4.78 is 10.5. The molecule has 0 aromatic carbocycles. The second-order valence-corrected chi connectivity index (χ2v) is 4.88. The van der Waals surface area contributed by atoms with Gasteiger partial charge in [0.05, 0.1) is 13.0 Å². The minimum absolute atomic E-state index is 0.234. The van der Waals surface area contributed by atoms with Crippen LogP contribution >= 0.6 is 0 Å². The molecule has 17 heavy (non-hydrogen) atoms. The van der Waals surface area contributed by atoms with Crippen LogP contribution in [0.2, 0.25) is 0 Å². The molecule has 2 aliphatic rings. The molecule has 1 saturated heterocycles. The lowest BCUT2D eigenvalue weighted by Crippen LogP contribution is -2.16. The van der Waals surface area contributed by atoms with Gasteiger partial charge in [0.2, 0.25) is 5.89 Å². The molecular formula is C12H16N2O3. The predicted molar refractivity (Wildman–Crippen MR) is 58.5 cm³/mol. The SMILES string of the molecule is O=C(Cc1nc(C2CCCOC2)no1)C1CC1. The summed E-state index contributed by atoms with van der Waals surface area (Å²) in [6, 6.07) is 0. The predicted octanol–water partition coefficient (Wildman–Crippen LogP) is 1.49. The van der Waals surface area contributed by atoms with E-state index in [0.717, 1.165) is 32.3 Å². The molecule has 1 unspecified atom stereocenters. The van der Waals surface area contributed by atoms with Crippen LogP contribution in [0.5, 0.6) is 0 Å². The summed E-state index contributed by atoms with van der Waals surface area (Å²) in [7, 11) is 0. The Bertz CT molecular complexity index is 406. The highest BCUT2D eigenvalue weighted by molar-refractivity contribution is 5.84. The zero-order valence-corrected chi connectivity index (χ0v) is 9.72. The third kappa shape index (κ3) is 2.54. The van der Waals surface area contributed by atoms with Crippen LogP contribution < -0.4 is 0 Å². The second-order valence-electron chi connectivity index (χ2n) is 4.88. The van der Waals surface area contributed by atoms with Crippen LogP contribution in [-0.4, -0.2) is 29.1 Å². The van der Waals surface area contributed by atoms with Crippen molar-refractivity contribution in [1.82, 2.24) is 10.1 Å². The van der Waals surface area contributed by atoms with E-state index in [1.807, 2.05) is 0 Å². The lowest BCUT2D eigenvalue weighted by atomic mass is 10.0. The van der Waals surface area contributed by atoms with E-state index in [1.54, 1.807) is 0 Å². The maximum atomic E-state index is 11.6. The van der Waals surface area contributed by atoms with Gasteiger partial charge < -0.3 is 9.26 Å². The number of carbonyl (C=O) groups is 1. The van der Waals surface area contributed by atoms with Crippen LogP contribution in [0.4, 0.5) is 0 Å². The fourth-order valence-corrected chi connectivity index (χ4v) is 2.15. The van der Waals surface area contributed by atoms with Crippen molar-refractivity contribution in [3.05, 3.63) is 11.7 Å². The van der Waals surface area contributed by atoms with Gasteiger partial charge in [-0.15, -0.1) is 0 Å². The Hall–Kier alpha value is -1.23. The van der Waals surface area contributed by atoms with Gasteiger partial charge in [0, 0.05) is 18.4 Å². The topological polar surface area (TPSA) is 65.2 Å². The molecule has 0 bridgehead atoms. The molecule has 1 aromatic rings. The standard InChI is InChI=1S/C12H16N2O3/c15-10(8-3-4-8)6-11-13-12(14-17-11)9-2-1-5-16-7-9/h8-9H,1-7H2. The molecule has 3 rings (SSSR count). The molecule has 1 aliphatic carbocycles. The Morgan fingerprint density at radius 3 is 2.94 bits per heavy atom. The first-order valence-corrected chi connectivity index (χ1v) is 6.26. The molecule has 0 spiro atoms. The number of Topliss-reactive ketones (excluding diaryl/α,β-unsaturated/α-hetero) is 1. The molecule has 0 amide bonds. The molecule has 1 aliphatic heterocycles. The number of ether oxygens (including phenoxy) is 1. The quantitative estimate of drug-likeness (QED) is 0.792. The van der Waals surface area contributed by atoms with Crippen molar-refractivity contribution in [3.8, 4) is 0 Å². The fourth-order valence-electron chi connectivity index (χ4n) is 2.15. The van der Waals surface area contributed by atoms with Gasteiger partial charge in [0.25, 0.3) is 0 Å². The summed E-state index contributed by atoms with van der Waals surface area (Å²) in [4.78, 5) is 15.9. The van der Waals surface area contributed by atoms with Gasteiger partial charge in [-0.25, -0.2) is 0 Å². The number of rotatable bonds is 4. The van der Waals surface area contributed by atoms with E-state index in [4.69, 9.17) is 9.26 Å². The monoisotopic (exact) mass is 236 g/mol. The summed E-state index contributed by atoms with van der Waals surface area (Å²) in [5.74, 6) is 1.88. The average molecular weight is 236 g/mol. The summed E-state index contributed by atoms with van der Waals surface area (Å²) in [5.41, 5.74) is 0. The molecule has 2 heterocycles. The van der Waals surface area contributed by atoms with Crippen LogP contribution in [0.25, 0.3) is 0 Å². The number of hydrogen-bond acceptors (Lipinski definition) is 5. The zero-order valence-electron chi connectivity index (χ0n) is 9.72. The van der Waals surface area contributed by atoms with Gasteiger partial charge in [-0.05, 0) is 25.7 Å². The van der Waals surface area contributed by atoms with Crippen LogP contribution in [0.1, 0.15) is 43.3 Å². The summed E-state index contributed by atoms with van der Waals surface area (Å²) in [6.07, 6.45) is 4.42. The molecule has 1 atom stereocenters. The van der Waals surface area contributed by atoms with E-state index in [9.17, 15) is 4.79 Å².